The fourth-order valence-electron chi connectivity index (χ4n) is 1.80. The zero-order chi connectivity index (χ0) is 11.6. The van der Waals surface area contributed by atoms with Crippen LogP contribution in [0.1, 0.15) is 45.4 Å². The third-order valence-corrected chi connectivity index (χ3v) is 2.74. The topological polar surface area (TPSA) is 38.3 Å². The molecule has 1 aliphatic rings. The van der Waals surface area contributed by atoms with Crippen LogP contribution in [0.3, 0.4) is 0 Å². The standard InChI is InChI=1S/C13H23NO2/c1-2-10-14-13(15)11-16-12-8-6-4-3-5-7-9-12/h3-4,12H,2,5-11H2,1H3,(H,14,15)/b4-3+/t12-/m0/s1. The van der Waals surface area contributed by atoms with Crippen molar-refractivity contribution in [3.63, 3.8) is 0 Å². The molecule has 92 valence electrons. The van der Waals surface area contributed by atoms with Crippen molar-refractivity contribution in [1.29, 1.82) is 0 Å². The van der Waals surface area contributed by atoms with E-state index < -0.39 is 0 Å². The molecule has 3 nitrogen and oxygen atoms in total. The van der Waals surface area contributed by atoms with Gasteiger partial charge in [0.05, 0.1) is 6.10 Å². The maximum Gasteiger partial charge on any atom is 0.246 e. The van der Waals surface area contributed by atoms with E-state index >= 15 is 0 Å². The van der Waals surface area contributed by atoms with Crippen LogP contribution < -0.4 is 5.32 Å². The molecule has 1 rings (SSSR count). The Morgan fingerprint density at radius 3 is 3.00 bits per heavy atom. The van der Waals surface area contributed by atoms with Gasteiger partial charge < -0.3 is 10.1 Å². The molecular weight excluding hydrogens is 202 g/mol. The zero-order valence-electron chi connectivity index (χ0n) is 10.2. The summed E-state index contributed by atoms with van der Waals surface area (Å²) in [4.78, 5) is 11.3. The van der Waals surface area contributed by atoms with Gasteiger partial charge in [0.15, 0.2) is 0 Å². The van der Waals surface area contributed by atoms with Crippen molar-refractivity contribution in [3.05, 3.63) is 12.2 Å². The van der Waals surface area contributed by atoms with Crippen LogP contribution in [-0.2, 0) is 9.53 Å². The summed E-state index contributed by atoms with van der Waals surface area (Å²) in [5.41, 5.74) is 0. The van der Waals surface area contributed by atoms with Gasteiger partial charge in [-0.1, -0.05) is 19.1 Å². The Balaban J connectivity index is 2.15. The highest BCUT2D eigenvalue weighted by Crippen LogP contribution is 2.15. The summed E-state index contributed by atoms with van der Waals surface area (Å²) in [5.74, 6) is 0.0134. The van der Waals surface area contributed by atoms with Crippen molar-refractivity contribution in [2.45, 2.75) is 51.6 Å². The molecule has 0 aromatic carbocycles. The maximum absolute atomic E-state index is 11.3. The maximum atomic E-state index is 11.3. The van der Waals surface area contributed by atoms with Gasteiger partial charge in [-0.25, -0.2) is 0 Å². The second-order valence-corrected chi connectivity index (χ2v) is 4.26. The van der Waals surface area contributed by atoms with Crippen molar-refractivity contribution < 1.29 is 9.53 Å². The molecule has 3 heteroatoms. The number of carbonyl (C=O) groups excluding carboxylic acids is 1. The average molecular weight is 225 g/mol. The number of allylic oxidation sites excluding steroid dienone is 2. The fraction of sp³-hybridized carbons (Fsp3) is 0.769. The molecule has 0 saturated carbocycles. The minimum atomic E-state index is 0.0134. The molecule has 0 spiro atoms. The van der Waals surface area contributed by atoms with Crippen molar-refractivity contribution in [2.24, 2.45) is 0 Å². The summed E-state index contributed by atoms with van der Waals surface area (Å²) in [6.07, 6.45) is 11.2. The molecule has 0 unspecified atom stereocenters. The molecule has 1 amide bonds. The predicted molar refractivity (Wildman–Crippen MR) is 65.3 cm³/mol. The van der Waals surface area contributed by atoms with E-state index in [1.807, 2.05) is 6.92 Å². The van der Waals surface area contributed by atoms with Crippen molar-refractivity contribution >= 4 is 5.91 Å². The quantitative estimate of drug-likeness (QED) is 0.730. The van der Waals surface area contributed by atoms with Gasteiger partial charge in [-0.2, -0.15) is 0 Å². The van der Waals surface area contributed by atoms with Crippen LogP contribution in [0.15, 0.2) is 12.2 Å². The molecule has 0 aliphatic heterocycles. The van der Waals surface area contributed by atoms with E-state index in [0.29, 0.717) is 0 Å². The second-order valence-electron chi connectivity index (χ2n) is 4.26. The van der Waals surface area contributed by atoms with Gasteiger partial charge in [0, 0.05) is 6.54 Å². The summed E-state index contributed by atoms with van der Waals surface area (Å²) in [6.45, 7) is 3.01. The SMILES string of the molecule is CCCNC(=O)CO[C@H]1CC/C=C/CCC1. The van der Waals surface area contributed by atoms with Crippen LogP contribution in [0.25, 0.3) is 0 Å². The first-order valence-corrected chi connectivity index (χ1v) is 6.36. The number of hydrogen-bond acceptors (Lipinski definition) is 2. The summed E-state index contributed by atoms with van der Waals surface area (Å²) < 4.78 is 5.63. The van der Waals surface area contributed by atoms with Gasteiger partial charge in [-0.3, -0.25) is 4.79 Å². The Bertz CT molecular complexity index is 226. The predicted octanol–water partition coefficient (Wildman–Crippen LogP) is 2.42. The minimum absolute atomic E-state index is 0.0134. The van der Waals surface area contributed by atoms with Gasteiger partial charge in [-0.05, 0) is 38.5 Å². The summed E-state index contributed by atoms with van der Waals surface area (Å²) in [5, 5.41) is 2.82. The first-order valence-electron chi connectivity index (χ1n) is 6.36. The molecule has 0 bridgehead atoms. The van der Waals surface area contributed by atoms with E-state index in [2.05, 4.69) is 17.5 Å². The van der Waals surface area contributed by atoms with E-state index in [-0.39, 0.29) is 18.6 Å². The number of nitrogens with one attached hydrogen (secondary N) is 1. The van der Waals surface area contributed by atoms with Crippen LogP contribution in [0.5, 0.6) is 0 Å². The normalized spacial score (nSPS) is 23.2. The Morgan fingerprint density at radius 2 is 2.19 bits per heavy atom. The van der Waals surface area contributed by atoms with Crippen LogP contribution >= 0.6 is 0 Å². The Labute approximate surface area is 98.2 Å². The molecule has 0 heterocycles. The lowest BCUT2D eigenvalue weighted by molar-refractivity contribution is -0.128. The molecule has 1 aliphatic carbocycles. The number of amides is 1. The largest absolute Gasteiger partial charge is 0.368 e. The van der Waals surface area contributed by atoms with Crippen LogP contribution in [0, 0.1) is 0 Å². The van der Waals surface area contributed by atoms with Crippen LogP contribution in [0.2, 0.25) is 0 Å². The lowest BCUT2D eigenvalue weighted by Crippen LogP contribution is -2.30. The zero-order valence-corrected chi connectivity index (χ0v) is 10.2. The summed E-state index contributed by atoms with van der Waals surface area (Å²) in [7, 11) is 0. The number of rotatable bonds is 5. The Hall–Kier alpha value is -0.830. The minimum Gasteiger partial charge on any atom is -0.368 e. The van der Waals surface area contributed by atoms with Gasteiger partial charge in [-0.15, -0.1) is 0 Å². The van der Waals surface area contributed by atoms with E-state index in [1.54, 1.807) is 0 Å². The van der Waals surface area contributed by atoms with Gasteiger partial charge >= 0.3 is 0 Å². The molecule has 1 atom stereocenters. The first-order chi connectivity index (χ1) is 7.83. The summed E-state index contributed by atoms with van der Waals surface area (Å²) >= 11 is 0. The van der Waals surface area contributed by atoms with Gasteiger partial charge in [0.1, 0.15) is 6.61 Å². The van der Waals surface area contributed by atoms with Crippen LogP contribution in [-0.4, -0.2) is 25.2 Å². The number of ether oxygens (including phenoxy) is 1. The molecule has 1 N–H and O–H groups in total. The number of hydrogen-bond donors (Lipinski definition) is 1. The molecule has 16 heavy (non-hydrogen) atoms. The molecular formula is C13H23NO2. The fourth-order valence-corrected chi connectivity index (χ4v) is 1.80. The molecule has 0 saturated heterocycles. The van der Waals surface area contributed by atoms with Crippen molar-refractivity contribution in [3.8, 4) is 0 Å². The Kier molecular flexibility index (Phi) is 6.90. The monoisotopic (exact) mass is 225 g/mol. The lowest BCUT2D eigenvalue weighted by Gasteiger charge is -2.18. The third-order valence-electron chi connectivity index (χ3n) is 2.74. The summed E-state index contributed by atoms with van der Waals surface area (Å²) in [6, 6.07) is 0. The first kappa shape index (κ1) is 13.2. The van der Waals surface area contributed by atoms with E-state index in [4.69, 9.17) is 4.74 Å². The highest BCUT2D eigenvalue weighted by molar-refractivity contribution is 5.77. The third kappa shape index (κ3) is 5.91. The van der Waals surface area contributed by atoms with E-state index in [0.717, 1.165) is 45.1 Å². The molecule has 0 fully saturated rings. The average Bonchev–Trinajstić information content (AvgIpc) is 2.25. The lowest BCUT2D eigenvalue weighted by atomic mass is 10.0. The molecule has 0 aromatic rings. The van der Waals surface area contributed by atoms with Crippen molar-refractivity contribution in [1.82, 2.24) is 5.32 Å². The number of carbonyl (C=O) groups is 1. The Morgan fingerprint density at radius 1 is 1.38 bits per heavy atom. The molecule has 0 radical (unpaired) electrons. The van der Waals surface area contributed by atoms with Gasteiger partial charge in [0.2, 0.25) is 5.91 Å². The highest BCUT2D eigenvalue weighted by Gasteiger charge is 2.11. The molecule has 0 aromatic heterocycles. The highest BCUT2D eigenvalue weighted by atomic mass is 16.5. The van der Waals surface area contributed by atoms with Crippen LogP contribution in [0.4, 0.5) is 0 Å². The van der Waals surface area contributed by atoms with E-state index in [1.165, 1.54) is 0 Å². The van der Waals surface area contributed by atoms with E-state index in [9.17, 15) is 4.79 Å². The van der Waals surface area contributed by atoms with Gasteiger partial charge in [0.25, 0.3) is 0 Å². The smallest absolute Gasteiger partial charge is 0.246 e. The second kappa shape index (κ2) is 8.34. The van der Waals surface area contributed by atoms with Crippen molar-refractivity contribution in [2.75, 3.05) is 13.2 Å².